The Kier molecular flexibility index (Phi) is 3.05. The van der Waals surface area contributed by atoms with Crippen LogP contribution >= 0.6 is 0 Å². The Bertz CT molecular complexity index is 310. The Balaban J connectivity index is 3.01. The lowest BCUT2D eigenvalue weighted by atomic mass is 10.0. The third-order valence-electron chi connectivity index (χ3n) is 1.73. The molecule has 0 saturated carbocycles. The summed E-state index contributed by atoms with van der Waals surface area (Å²) >= 11 is 0. The smallest absolute Gasteiger partial charge is 0.329 e. The molecule has 78 valence electrons. The third kappa shape index (κ3) is 2.41. The molecule has 6 heteroatoms. The first kappa shape index (κ1) is 10.9. The van der Waals surface area contributed by atoms with Gasteiger partial charge in [-0.2, -0.15) is 13.2 Å². The number of aromatic nitrogens is 1. The number of rotatable bonds is 2. The van der Waals surface area contributed by atoms with E-state index in [1.807, 2.05) is 0 Å². The highest BCUT2D eigenvalue weighted by atomic mass is 19.4. The topological polar surface area (TPSA) is 38.9 Å². The van der Waals surface area contributed by atoms with Gasteiger partial charge in [0.2, 0.25) is 0 Å². The first-order chi connectivity index (χ1) is 6.45. The van der Waals surface area contributed by atoms with Crippen molar-refractivity contribution < 1.29 is 17.6 Å². The molecule has 1 aromatic heterocycles. The quantitative estimate of drug-likeness (QED) is 0.753. The monoisotopic (exact) mass is 208 g/mol. The van der Waals surface area contributed by atoms with E-state index in [4.69, 9.17) is 5.73 Å². The van der Waals surface area contributed by atoms with Crippen LogP contribution in [-0.2, 0) is 0 Å². The summed E-state index contributed by atoms with van der Waals surface area (Å²) in [5, 5.41) is 0. The zero-order valence-electron chi connectivity index (χ0n) is 7.05. The van der Waals surface area contributed by atoms with Crippen LogP contribution < -0.4 is 5.73 Å². The maximum absolute atomic E-state index is 12.6. The van der Waals surface area contributed by atoms with Crippen molar-refractivity contribution in [3.8, 4) is 0 Å². The molecule has 0 saturated heterocycles. The molecule has 0 fully saturated rings. The molecule has 1 rings (SSSR count). The Morgan fingerprint density at radius 2 is 2.07 bits per heavy atom. The molecule has 1 aromatic rings. The van der Waals surface area contributed by atoms with Gasteiger partial charge in [0.15, 0.2) is 0 Å². The molecule has 0 spiro atoms. The fourth-order valence-corrected chi connectivity index (χ4v) is 1.03. The summed E-state index contributed by atoms with van der Waals surface area (Å²) in [4.78, 5) is 3.44. The molecule has 0 aliphatic carbocycles. The number of nitrogens with zero attached hydrogens (tertiary/aromatic N) is 1. The average molecular weight is 208 g/mol. The largest absolute Gasteiger partial charge is 0.398 e. The Morgan fingerprint density at radius 1 is 1.43 bits per heavy atom. The highest BCUT2D eigenvalue weighted by Gasteiger charge is 2.40. The maximum Gasteiger partial charge on any atom is 0.398 e. The summed E-state index contributed by atoms with van der Waals surface area (Å²) in [6.07, 6.45) is -3.51. The van der Waals surface area contributed by atoms with Gasteiger partial charge in [0, 0.05) is 12.7 Å². The molecular formula is C8H8F4N2. The van der Waals surface area contributed by atoms with E-state index in [0.29, 0.717) is 0 Å². The van der Waals surface area contributed by atoms with Crippen LogP contribution in [0.4, 0.5) is 17.6 Å². The van der Waals surface area contributed by atoms with E-state index in [1.54, 1.807) is 0 Å². The molecule has 0 radical (unpaired) electrons. The van der Waals surface area contributed by atoms with Gasteiger partial charge in [-0.25, -0.2) is 4.39 Å². The van der Waals surface area contributed by atoms with Crippen LogP contribution in [0.25, 0.3) is 0 Å². The van der Waals surface area contributed by atoms with E-state index in [2.05, 4.69) is 4.98 Å². The summed E-state index contributed by atoms with van der Waals surface area (Å²) in [6, 6.07) is 1.72. The average Bonchev–Trinajstić information content (AvgIpc) is 2.02. The van der Waals surface area contributed by atoms with Gasteiger partial charge in [-0.3, -0.25) is 4.98 Å². The SMILES string of the molecule is NCC(c1cc(F)ccn1)C(F)(F)F. The minimum absolute atomic E-state index is 0.389. The van der Waals surface area contributed by atoms with E-state index in [9.17, 15) is 17.6 Å². The standard InChI is InChI=1S/C8H8F4N2/c9-5-1-2-14-7(3-5)6(4-13)8(10,11)12/h1-3,6H,4,13H2. The first-order valence-corrected chi connectivity index (χ1v) is 3.83. The molecule has 14 heavy (non-hydrogen) atoms. The molecule has 1 atom stereocenters. The predicted molar refractivity (Wildman–Crippen MR) is 42.0 cm³/mol. The van der Waals surface area contributed by atoms with E-state index in [-0.39, 0.29) is 5.69 Å². The van der Waals surface area contributed by atoms with Gasteiger partial charge in [-0.05, 0) is 12.1 Å². The summed E-state index contributed by atoms with van der Waals surface area (Å²) in [5.41, 5.74) is 4.57. The molecule has 1 heterocycles. The van der Waals surface area contributed by atoms with Gasteiger partial charge < -0.3 is 5.73 Å². The van der Waals surface area contributed by atoms with Crippen molar-refractivity contribution in [3.63, 3.8) is 0 Å². The van der Waals surface area contributed by atoms with Crippen molar-refractivity contribution in [1.29, 1.82) is 0 Å². The molecule has 0 bridgehead atoms. The second-order valence-corrected chi connectivity index (χ2v) is 2.73. The van der Waals surface area contributed by atoms with Crippen LogP contribution in [-0.4, -0.2) is 17.7 Å². The van der Waals surface area contributed by atoms with Crippen molar-refractivity contribution in [2.45, 2.75) is 12.1 Å². The molecule has 0 aromatic carbocycles. The summed E-state index contributed by atoms with van der Waals surface area (Å²) in [6.45, 7) is -0.639. The molecule has 0 aliphatic heterocycles. The van der Waals surface area contributed by atoms with Crippen LogP contribution in [0.1, 0.15) is 11.6 Å². The highest BCUT2D eigenvalue weighted by Crippen LogP contribution is 2.32. The number of hydrogen-bond acceptors (Lipinski definition) is 2. The van der Waals surface area contributed by atoms with E-state index >= 15 is 0 Å². The molecule has 0 aliphatic rings. The summed E-state index contributed by atoms with van der Waals surface area (Å²) in [5.74, 6) is -2.66. The fraction of sp³-hybridized carbons (Fsp3) is 0.375. The van der Waals surface area contributed by atoms with Crippen molar-refractivity contribution in [3.05, 3.63) is 29.8 Å². The van der Waals surface area contributed by atoms with Gasteiger partial charge in [-0.1, -0.05) is 0 Å². The number of halogens is 4. The van der Waals surface area contributed by atoms with Crippen LogP contribution in [0.2, 0.25) is 0 Å². The van der Waals surface area contributed by atoms with Crippen LogP contribution in [0, 0.1) is 5.82 Å². The zero-order chi connectivity index (χ0) is 10.8. The minimum atomic E-state index is -4.49. The van der Waals surface area contributed by atoms with Gasteiger partial charge >= 0.3 is 6.18 Å². The molecular weight excluding hydrogens is 200 g/mol. The van der Waals surface area contributed by atoms with Crippen molar-refractivity contribution >= 4 is 0 Å². The maximum atomic E-state index is 12.6. The third-order valence-corrected chi connectivity index (χ3v) is 1.73. The second kappa shape index (κ2) is 3.91. The number of pyridine rings is 1. The van der Waals surface area contributed by atoms with Gasteiger partial charge in [0.1, 0.15) is 11.7 Å². The number of hydrogen-bond donors (Lipinski definition) is 1. The van der Waals surface area contributed by atoms with Crippen LogP contribution in [0.3, 0.4) is 0 Å². The molecule has 1 unspecified atom stereocenters. The van der Waals surface area contributed by atoms with Crippen LogP contribution in [0.5, 0.6) is 0 Å². The van der Waals surface area contributed by atoms with Crippen molar-refractivity contribution in [2.24, 2.45) is 5.73 Å². The van der Waals surface area contributed by atoms with Crippen LogP contribution in [0.15, 0.2) is 18.3 Å². The van der Waals surface area contributed by atoms with E-state index in [0.717, 1.165) is 18.3 Å². The lowest BCUT2D eigenvalue weighted by molar-refractivity contribution is -0.148. The van der Waals surface area contributed by atoms with Gasteiger partial charge in [-0.15, -0.1) is 0 Å². The predicted octanol–water partition coefficient (Wildman–Crippen LogP) is 1.83. The second-order valence-electron chi connectivity index (χ2n) is 2.73. The van der Waals surface area contributed by atoms with Gasteiger partial charge in [0.05, 0.1) is 5.69 Å². The summed E-state index contributed by atoms with van der Waals surface area (Å²) in [7, 11) is 0. The van der Waals surface area contributed by atoms with Crippen molar-refractivity contribution in [1.82, 2.24) is 4.98 Å². The van der Waals surface area contributed by atoms with E-state index < -0.39 is 24.5 Å². The Hall–Kier alpha value is -1.17. The number of nitrogens with two attached hydrogens (primary N) is 1. The number of alkyl halides is 3. The summed E-state index contributed by atoms with van der Waals surface area (Å²) < 4.78 is 49.5. The lowest BCUT2D eigenvalue weighted by Gasteiger charge is -2.17. The van der Waals surface area contributed by atoms with Gasteiger partial charge in [0.25, 0.3) is 0 Å². The van der Waals surface area contributed by atoms with Crippen molar-refractivity contribution in [2.75, 3.05) is 6.54 Å². The van der Waals surface area contributed by atoms with E-state index in [1.165, 1.54) is 0 Å². The molecule has 0 amide bonds. The molecule has 2 N–H and O–H groups in total. The fourth-order valence-electron chi connectivity index (χ4n) is 1.03. The lowest BCUT2D eigenvalue weighted by Crippen LogP contribution is -2.28. The highest BCUT2D eigenvalue weighted by molar-refractivity contribution is 5.13. The zero-order valence-corrected chi connectivity index (χ0v) is 7.05. The first-order valence-electron chi connectivity index (χ1n) is 3.83. The Morgan fingerprint density at radius 3 is 2.50 bits per heavy atom. The molecule has 2 nitrogen and oxygen atoms in total. The minimum Gasteiger partial charge on any atom is -0.329 e. The Labute approximate surface area is 77.7 Å². The normalized spacial score (nSPS) is 14.1.